The summed E-state index contributed by atoms with van der Waals surface area (Å²) in [5.74, 6) is -1.80. The van der Waals surface area contributed by atoms with Gasteiger partial charge in [-0.3, -0.25) is 14.4 Å². The number of nitrogens with one attached hydrogen (secondary N) is 2. The first-order chi connectivity index (χ1) is 10.1. The molecule has 1 aromatic carbocycles. The van der Waals surface area contributed by atoms with Crippen LogP contribution < -0.4 is 10.6 Å². The van der Waals surface area contributed by atoms with Gasteiger partial charge in [0, 0.05) is 17.7 Å². The monoisotopic (exact) mass is 306 g/mol. The predicted octanol–water partition coefficient (Wildman–Crippen LogP) is 1.67. The number of carboxylic acid groups (broad SMARTS) is 1. The number of hydrogen-bond acceptors (Lipinski definition) is 3. The van der Waals surface area contributed by atoms with E-state index in [2.05, 4.69) is 10.6 Å². The van der Waals surface area contributed by atoms with Gasteiger partial charge in [-0.05, 0) is 36.6 Å². The van der Waals surface area contributed by atoms with Crippen molar-refractivity contribution in [2.24, 2.45) is 5.41 Å². The van der Waals surface area contributed by atoms with Crippen LogP contribution in [0.25, 0.3) is 0 Å². The molecular weight excluding hydrogens is 284 g/mol. The van der Waals surface area contributed by atoms with Crippen molar-refractivity contribution >= 4 is 17.8 Å². The second-order valence-electron chi connectivity index (χ2n) is 6.35. The summed E-state index contributed by atoms with van der Waals surface area (Å²) in [6.07, 6.45) is 0. The number of carbonyl (C=O) groups excluding carboxylic acids is 2. The van der Waals surface area contributed by atoms with Gasteiger partial charge < -0.3 is 15.7 Å². The van der Waals surface area contributed by atoms with Gasteiger partial charge in [0.25, 0.3) is 11.8 Å². The van der Waals surface area contributed by atoms with Crippen LogP contribution in [0.1, 0.15) is 48.4 Å². The summed E-state index contributed by atoms with van der Waals surface area (Å²) in [6, 6.07) is 5.10. The summed E-state index contributed by atoms with van der Waals surface area (Å²) < 4.78 is 0. The number of amides is 2. The van der Waals surface area contributed by atoms with Gasteiger partial charge in [0.05, 0.1) is 0 Å². The van der Waals surface area contributed by atoms with Crippen LogP contribution in [0, 0.1) is 5.41 Å². The molecule has 0 fully saturated rings. The normalized spacial score (nSPS) is 12.4. The Balaban J connectivity index is 2.68. The number of rotatable bonds is 5. The lowest BCUT2D eigenvalue weighted by molar-refractivity contribution is -0.138. The van der Waals surface area contributed by atoms with Crippen LogP contribution in [0.4, 0.5) is 0 Å². The number of carbonyl (C=O) groups is 3. The van der Waals surface area contributed by atoms with Gasteiger partial charge in [-0.1, -0.05) is 20.8 Å². The lowest BCUT2D eigenvalue weighted by atomic mass is 9.97. The highest BCUT2D eigenvalue weighted by Crippen LogP contribution is 2.11. The Bertz CT molecular complexity index is 559. The topological polar surface area (TPSA) is 95.5 Å². The molecule has 0 radical (unpaired) electrons. The maximum absolute atomic E-state index is 12.0. The minimum Gasteiger partial charge on any atom is -0.480 e. The van der Waals surface area contributed by atoms with Gasteiger partial charge in [0.2, 0.25) is 0 Å². The molecule has 2 amide bonds. The molecule has 6 heteroatoms. The van der Waals surface area contributed by atoms with Crippen molar-refractivity contribution in [2.45, 2.75) is 33.7 Å². The van der Waals surface area contributed by atoms with Crippen molar-refractivity contribution in [1.29, 1.82) is 0 Å². The molecule has 120 valence electrons. The van der Waals surface area contributed by atoms with E-state index >= 15 is 0 Å². The standard InChI is InChI=1S/C16H22N2O4/c1-10(15(21)22)18-14(20)12-7-5-11(6-8-12)13(19)17-9-16(2,3)4/h5-8,10H,9H2,1-4H3,(H,17,19)(H,18,20)(H,21,22). The molecule has 3 N–H and O–H groups in total. The van der Waals surface area contributed by atoms with Gasteiger partial charge in [-0.25, -0.2) is 0 Å². The maximum Gasteiger partial charge on any atom is 0.325 e. The Kier molecular flexibility index (Phi) is 5.68. The van der Waals surface area contributed by atoms with Crippen LogP contribution in [-0.2, 0) is 4.79 Å². The highest BCUT2D eigenvalue weighted by Gasteiger charge is 2.16. The van der Waals surface area contributed by atoms with E-state index < -0.39 is 17.9 Å². The second-order valence-corrected chi connectivity index (χ2v) is 6.35. The molecule has 0 bridgehead atoms. The average molecular weight is 306 g/mol. The molecule has 0 aliphatic carbocycles. The summed E-state index contributed by atoms with van der Waals surface area (Å²) in [5.41, 5.74) is 0.746. The van der Waals surface area contributed by atoms with Crippen molar-refractivity contribution in [3.63, 3.8) is 0 Å². The molecule has 0 saturated carbocycles. The van der Waals surface area contributed by atoms with Crippen molar-refractivity contribution in [2.75, 3.05) is 6.54 Å². The molecule has 1 aromatic rings. The summed E-state index contributed by atoms with van der Waals surface area (Å²) in [5, 5.41) is 13.9. The number of hydrogen-bond donors (Lipinski definition) is 3. The van der Waals surface area contributed by atoms with E-state index in [0.717, 1.165) is 0 Å². The zero-order valence-electron chi connectivity index (χ0n) is 13.3. The van der Waals surface area contributed by atoms with Gasteiger partial charge in [0.15, 0.2) is 0 Å². The van der Waals surface area contributed by atoms with Crippen LogP contribution in [0.5, 0.6) is 0 Å². The maximum atomic E-state index is 12.0. The summed E-state index contributed by atoms with van der Waals surface area (Å²) in [6.45, 7) is 7.98. The predicted molar refractivity (Wildman–Crippen MR) is 82.8 cm³/mol. The first kappa shape index (κ1) is 17.7. The van der Waals surface area contributed by atoms with E-state index in [1.807, 2.05) is 20.8 Å². The second kappa shape index (κ2) is 7.06. The highest BCUT2D eigenvalue weighted by atomic mass is 16.4. The molecule has 22 heavy (non-hydrogen) atoms. The van der Waals surface area contributed by atoms with E-state index in [1.54, 1.807) is 12.1 Å². The Morgan fingerprint density at radius 1 is 1.05 bits per heavy atom. The first-order valence-electron chi connectivity index (χ1n) is 7.02. The fourth-order valence-corrected chi connectivity index (χ4v) is 1.56. The van der Waals surface area contributed by atoms with Crippen molar-refractivity contribution < 1.29 is 19.5 Å². The van der Waals surface area contributed by atoms with Crippen LogP contribution in [0.15, 0.2) is 24.3 Å². The molecule has 0 spiro atoms. The largest absolute Gasteiger partial charge is 0.480 e. The third-order valence-corrected chi connectivity index (χ3v) is 2.91. The molecule has 1 unspecified atom stereocenters. The molecule has 0 aromatic heterocycles. The minimum absolute atomic E-state index is 0.0115. The van der Waals surface area contributed by atoms with Gasteiger partial charge in [-0.2, -0.15) is 0 Å². The molecule has 1 atom stereocenters. The zero-order valence-corrected chi connectivity index (χ0v) is 13.3. The van der Waals surface area contributed by atoms with Crippen LogP contribution >= 0.6 is 0 Å². The summed E-state index contributed by atoms with van der Waals surface area (Å²) in [4.78, 5) is 34.5. The Morgan fingerprint density at radius 2 is 1.50 bits per heavy atom. The van der Waals surface area contributed by atoms with Crippen molar-refractivity contribution in [1.82, 2.24) is 10.6 Å². The fraction of sp³-hybridized carbons (Fsp3) is 0.438. The van der Waals surface area contributed by atoms with Gasteiger partial charge >= 0.3 is 5.97 Å². The molecule has 0 aliphatic heterocycles. The van der Waals surface area contributed by atoms with Crippen molar-refractivity contribution in [3.8, 4) is 0 Å². The molecule has 0 aliphatic rings. The quantitative estimate of drug-likeness (QED) is 0.771. The van der Waals surface area contributed by atoms with E-state index in [1.165, 1.54) is 19.1 Å². The zero-order chi connectivity index (χ0) is 16.9. The third kappa shape index (κ3) is 5.55. The Morgan fingerprint density at radius 3 is 1.91 bits per heavy atom. The van der Waals surface area contributed by atoms with Gasteiger partial charge in [-0.15, -0.1) is 0 Å². The summed E-state index contributed by atoms with van der Waals surface area (Å²) >= 11 is 0. The number of benzene rings is 1. The third-order valence-electron chi connectivity index (χ3n) is 2.91. The first-order valence-corrected chi connectivity index (χ1v) is 7.02. The van der Waals surface area contributed by atoms with E-state index in [9.17, 15) is 14.4 Å². The number of carboxylic acids is 1. The molecule has 0 heterocycles. The molecule has 1 rings (SSSR count). The van der Waals surface area contributed by atoms with E-state index in [4.69, 9.17) is 5.11 Å². The van der Waals surface area contributed by atoms with Crippen LogP contribution in [0.2, 0.25) is 0 Å². The van der Waals surface area contributed by atoms with E-state index in [-0.39, 0.29) is 11.3 Å². The minimum atomic E-state index is -1.11. The lowest BCUT2D eigenvalue weighted by Gasteiger charge is -2.18. The average Bonchev–Trinajstić information content (AvgIpc) is 2.43. The van der Waals surface area contributed by atoms with E-state index in [0.29, 0.717) is 17.7 Å². The molecular formula is C16H22N2O4. The molecule has 0 saturated heterocycles. The van der Waals surface area contributed by atoms with Gasteiger partial charge in [0.1, 0.15) is 6.04 Å². The number of aliphatic carboxylic acids is 1. The smallest absolute Gasteiger partial charge is 0.325 e. The Hall–Kier alpha value is -2.37. The lowest BCUT2D eigenvalue weighted by Crippen LogP contribution is -2.38. The SMILES string of the molecule is CC(NC(=O)c1ccc(C(=O)NCC(C)(C)C)cc1)C(=O)O. The molecule has 6 nitrogen and oxygen atoms in total. The fourth-order valence-electron chi connectivity index (χ4n) is 1.56. The highest BCUT2D eigenvalue weighted by molar-refractivity contribution is 5.98. The van der Waals surface area contributed by atoms with Crippen LogP contribution in [0.3, 0.4) is 0 Å². The Labute approximate surface area is 129 Å². The van der Waals surface area contributed by atoms with Crippen molar-refractivity contribution in [3.05, 3.63) is 35.4 Å². The summed E-state index contributed by atoms with van der Waals surface area (Å²) in [7, 11) is 0. The van der Waals surface area contributed by atoms with Crippen LogP contribution in [-0.4, -0.2) is 35.5 Å².